The lowest BCUT2D eigenvalue weighted by Crippen LogP contribution is -2.41. The summed E-state index contributed by atoms with van der Waals surface area (Å²) in [6, 6.07) is 3.71. The van der Waals surface area contributed by atoms with Gasteiger partial charge >= 0.3 is 5.97 Å². The summed E-state index contributed by atoms with van der Waals surface area (Å²) in [4.78, 5) is 25.1. The number of hydrogen-bond acceptors (Lipinski definition) is 3. The number of halogens is 2. The minimum Gasteiger partial charge on any atom is -0.465 e. The number of amides is 1. The van der Waals surface area contributed by atoms with Gasteiger partial charge in [0.25, 0.3) is 5.91 Å². The van der Waals surface area contributed by atoms with Crippen LogP contribution in [0.3, 0.4) is 0 Å². The third kappa shape index (κ3) is 3.93. The van der Waals surface area contributed by atoms with E-state index < -0.39 is 17.7 Å². The average Bonchev–Trinajstić information content (AvgIpc) is 2.35. The van der Waals surface area contributed by atoms with Crippen molar-refractivity contribution in [2.45, 2.75) is 26.8 Å². The number of rotatable bonds is 5. The molecule has 0 aliphatic rings. The molecule has 0 heterocycles. The van der Waals surface area contributed by atoms with Gasteiger partial charge in [-0.3, -0.25) is 9.59 Å². The average molecular weight is 302 g/mol. The second-order valence-corrected chi connectivity index (χ2v) is 4.84. The van der Waals surface area contributed by atoms with E-state index >= 15 is 0 Å². The smallest absolute Gasteiger partial charge is 0.325 e. The Bertz CT molecular complexity index is 485. The van der Waals surface area contributed by atoms with Gasteiger partial charge in [-0.2, -0.15) is 0 Å². The van der Waals surface area contributed by atoms with Crippen molar-refractivity contribution in [2.75, 3.05) is 13.2 Å². The molecule has 0 aliphatic carbocycles. The minimum atomic E-state index is -0.711. The topological polar surface area (TPSA) is 46.6 Å². The second-order valence-electron chi connectivity index (χ2n) is 4.43. The summed E-state index contributed by atoms with van der Waals surface area (Å²) >= 11 is 5.87. The molecule has 1 aromatic rings. The summed E-state index contributed by atoms with van der Waals surface area (Å²) in [7, 11) is 0. The van der Waals surface area contributed by atoms with E-state index in [0.717, 1.165) is 6.07 Å². The van der Waals surface area contributed by atoms with Crippen molar-refractivity contribution in [3.63, 3.8) is 0 Å². The van der Waals surface area contributed by atoms with Crippen LogP contribution in [0.4, 0.5) is 4.39 Å². The standard InChI is InChI=1S/C14H17ClFNO3/c1-4-20-12(18)8-17(9(2)3)14(19)13-10(15)6-5-7-11(13)16/h5-7,9H,4,8H2,1-3H3. The highest BCUT2D eigenvalue weighted by Gasteiger charge is 2.26. The van der Waals surface area contributed by atoms with E-state index in [9.17, 15) is 14.0 Å². The quantitative estimate of drug-likeness (QED) is 0.786. The molecule has 0 saturated carbocycles. The molecule has 20 heavy (non-hydrogen) atoms. The Morgan fingerprint density at radius 3 is 2.55 bits per heavy atom. The van der Waals surface area contributed by atoms with Crippen molar-refractivity contribution in [2.24, 2.45) is 0 Å². The fourth-order valence-electron chi connectivity index (χ4n) is 1.68. The molecule has 1 rings (SSSR count). The summed E-state index contributed by atoms with van der Waals surface area (Å²) in [6.07, 6.45) is 0. The predicted molar refractivity (Wildman–Crippen MR) is 74.2 cm³/mol. The molecule has 0 unspecified atom stereocenters. The van der Waals surface area contributed by atoms with Gasteiger partial charge < -0.3 is 9.64 Å². The first kappa shape index (κ1) is 16.4. The number of esters is 1. The predicted octanol–water partition coefficient (Wildman–Crippen LogP) is 2.89. The number of hydrogen-bond donors (Lipinski definition) is 0. The van der Waals surface area contributed by atoms with Crippen LogP contribution in [0.2, 0.25) is 5.02 Å². The Hall–Kier alpha value is -1.62. The van der Waals surface area contributed by atoms with Crippen LogP contribution in [0.5, 0.6) is 0 Å². The van der Waals surface area contributed by atoms with Gasteiger partial charge in [-0.15, -0.1) is 0 Å². The lowest BCUT2D eigenvalue weighted by atomic mass is 10.1. The molecule has 0 fully saturated rings. The first-order valence-corrected chi connectivity index (χ1v) is 6.66. The van der Waals surface area contributed by atoms with Crippen LogP contribution in [0.1, 0.15) is 31.1 Å². The Kier molecular flexibility index (Phi) is 5.95. The molecule has 1 aromatic carbocycles. The minimum absolute atomic E-state index is 0.0181. The zero-order valence-electron chi connectivity index (χ0n) is 11.7. The summed E-state index contributed by atoms with van der Waals surface area (Å²) in [6.45, 7) is 5.11. The van der Waals surface area contributed by atoms with Gasteiger partial charge in [0.2, 0.25) is 0 Å². The van der Waals surface area contributed by atoms with E-state index in [0.29, 0.717) is 0 Å². The molecule has 6 heteroatoms. The first-order chi connectivity index (χ1) is 9.38. The van der Waals surface area contributed by atoms with E-state index in [-0.39, 0.29) is 29.8 Å². The highest BCUT2D eigenvalue weighted by atomic mass is 35.5. The molecule has 110 valence electrons. The largest absolute Gasteiger partial charge is 0.465 e. The Morgan fingerprint density at radius 1 is 1.40 bits per heavy atom. The van der Waals surface area contributed by atoms with Crippen molar-refractivity contribution < 1.29 is 18.7 Å². The maximum atomic E-state index is 13.8. The van der Waals surface area contributed by atoms with Crippen LogP contribution < -0.4 is 0 Å². The zero-order chi connectivity index (χ0) is 15.3. The molecule has 0 aliphatic heterocycles. The molecule has 0 atom stereocenters. The fourth-order valence-corrected chi connectivity index (χ4v) is 1.92. The Labute approximate surface area is 122 Å². The number of benzene rings is 1. The van der Waals surface area contributed by atoms with Crippen molar-refractivity contribution in [1.82, 2.24) is 4.90 Å². The van der Waals surface area contributed by atoms with Crippen LogP contribution in [-0.2, 0) is 9.53 Å². The van der Waals surface area contributed by atoms with Gasteiger partial charge in [-0.1, -0.05) is 17.7 Å². The van der Waals surface area contributed by atoms with Crippen molar-refractivity contribution in [3.05, 3.63) is 34.6 Å². The van der Waals surface area contributed by atoms with Crippen LogP contribution in [-0.4, -0.2) is 36.0 Å². The highest BCUT2D eigenvalue weighted by Crippen LogP contribution is 2.21. The lowest BCUT2D eigenvalue weighted by molar-refractivity contribution is -0.144. The Morgan fingerprint density at radius 2 is 2.05 bits per heavy atom. The van der Waals surface area contributed by atoms with Crippen molar-refractivity contribution in [1.29, 1.82) is 0 Å². The van der Waals surface area contributed by atoms with Crippen LogP contribution in [0.25, 0.3) is 0 Å². The fraction of sp³-hybridized carbons (Fsp3) is 0.429. The molecule has 0 aromatic heterocycles. The number of carbonyl (C=O) groups is 2. The van der Waals surface area contributed by atoms with Gasteiger partial charge in [-0.05, 0) is 32.9 Å². The third-order valence-corrected chi connectivity index (χ3v) is 2.98. The van der Waals surface area contributed by atoms with E-state index in [2.05, 4.69) is 0 Å². The van der Waals surface area contributed by atoms with E-state index in [4.69, 9.17) is 16.3 Å². The van der Waals surface area contributed by atoms with Gasteiger partial charge in [0.1, 0.15) is 12.4 Å². The maximum Gasteiger partial charge on any atom is 0.325 e. The van der Waals surface area contributed by atoms with Crippen molar-refractivity contribution >= 4 is 23.5 Å². The molecule has 1 amide bonds. The van der Waals surface area contributed by atoms with Crippen LogP contribution in [0.15, 0.2) is 18.2 Å². The summed E-state index contributed by atoms with van der Waals surface area (Å²) in [5.74, 6) is -1.88. The lowest BCUT2D eigenvalue weighted by Gasteiger charge is -2.26. The number of nitrogens with zero attached hydrogens (tertiary/aromatic N) is 1. The Balaban J connectivity index is 3.03. The van der Waals surface area contributed by atoms with Gasteiger partial charge in [0.15, 0.2) is 0 Å². The third-order valence-electron chi connectivity index (χ3n) is 2.67. The van der Waals surface area contributed by atoms with Gasteiger partial charge in [0, 0.05) is 6.04 Å². The normalized spacial score (nSPS) is 10.5. The van der Waals surface area contributed by atoms with E-state index in [1.54, 1.807) is 20.8 Å². The van der Waals surface area contributed by atoms with Gasteiger partial charge in [0.05, 0.1) is 17.2 Å². The summed E-state index contributed by atoms with van der Waals surface area (Å²) in [5.41, 5.74) is -0.229. The first-order valence-electron chi connectivity index (χ1n) is 6.29. The van der Waals surface area contributed by atoms with E-state index in [1.807, 2.05) is 0 Å². The molecule has 4 nitrogen and oxygen atoms in total. The summed E-state index contributed by atoms with van der Waals surface area (Å²) < 4.78 is 18.6. The van der Waals surface area contributed by atoms with Crippen LogP contribution in [0, 0.1) is 5.82 Å². The molecule has 0 saturated heterocycles. The number of ether oxygens (including phenoxy) is 1. The monoisotopic (exact) mass is 301 g/mol. The van der Waals surface area contributed by atoms with Crippen molar-refractivity contribution in [3.8, 4) is 0 Å². The van der Waals surface area contributed by atoms with Gasteiger partial charge in [-0.25, -0.2) is 4.39 Å². The molecule has 0 N–H and O–H groups in total. The van der Waals surface area contributed by atoms with E-state index in [1.165, 1.54) is 17.0 Å². The van der Waals surface area contributed by atoms with Crippen LogP contribution >= 0.6 is 11.6 Å². The SMILES string of the molecule is CCOC(=O)CN(C(=O)c1c(F)cccc1Cl)C(C)C. The molecule has 0 bridgehead atoms. The molecule has 0 radical (unpaired) electrons. The molecule has 0 spiro atoms. The summed E-state index contributed by atoms with van der Waals surface area (Å²) in [5, 5.41) is 0.0181. The number of carbonyl (C=O) groups excluding carboxylic acids is 2. The molecular weight excluding hydrogens is 285 g/mol. The second kappa shape index (κ2) is 7.24. The zero-order valence-corrected chi connectivity index (χ0v) is 12.4. The molecular formula is C14H17ClFNO3. The maximum absolute atomic E-state index is 13.8. The highest BCUT2D eigenvalue weighted by molar-refractivity contribution is 6.33.